The number of rotatable bonds is 4. The van der Waals surface area contributed by atoms with Crippen LogP contribution >= 0.6 is 35.4 Å². The fraction of sp³-hybridized carbons (Fsp3) is 0.348. The Hall–Kier alpha value is -2.35. The van der Waals surface area contributed by atoms with Gasteiger partial charge in [-0.05, 0) is 55.4 Å². The highest BCUT2D eigenvalue weighted by Gasteiger charge is 2.44. The van der Waals surface area contributed by atoms with Crippen LogP contribution in [0.25, 0.3) is 0 Å². The predicted octanol–water partition coefficient (Wildman–Crippen LogP) is 4.83. The van der Waals surface area contributed by atoms with Crippen molar-refractivity contribution in [2.24, 2.45) is 0 Å². The second-order valence-electron chi connectivity index (χ2n) is 8.10. The molecule has 3 atom stereocenters. The minimum Gasteiger partial charge on any atom is -0.349 e. The maximum absolute atomic E-state index is 13.1. The Bertz CT molecular complexity index is 1000. The van der Waals surface area contributed by atoms with Crippen LogP contribution < -0.4 is 16.0 Å². The highest BCUT2D eigenvalue weighted by molar-refractivity contribution is 7.80. The van der Waals surface area contributed by atoms with E-state index < -0.39 is 6.04 Å². The minimum absolute atomic E-state index is 0.0258. The summed E-state index contributed by atoms with van der Waals surface area (Å²) in [6, 6.07) is 13.8. The maximum atomic E-state index is 13.1. The molecule has 1 aliphatic carbocycles. The second kappa shape index (κ2) is 10.1. The first-order valence-corrected chi connectivity index (χ1v) is 11.8. The van der Waals surface area contributed by atoms with Crippen molar-refractivity contribution in [3.05, 3.63) is 58.6 Å². The van der Waals surface area contributed by atoms with E-state index in [1.165, 1.54) is 0 Å². The zero-order valence-corrected chi connectivity index (χ0v) is 19.6. The molecule has 0 bridgehead atoms. The number of carbonyl (C=O) groups excluding carboxylic acids is 2. The summed E-state index contributed by atoms with van der Waals surface area (Å²) in [5.41, 5.74) is 1.32. The minimum atomic E-state index is -0.715. The van der Waals surface area contributed by atoms with E-state index in [2.05, 4.69) is 16.0 Å². The standard InChI is InChI=1S/C23H24Cl2N4O2S/c24-14-10-15(25)12-17(11-14)26-21(30)13-20-22(31)28-18-8-4-5-9-19(18)29(20)23(32)27-16-6-2-1-3-7-16/h1-3,6-7,10-12,18-20H,4-5,8-9,13H2,(H,26,30)(H,27,32)(H,28,31)/t18-,19-,20-/m0/s1. The van der Waals surface area contributed by atoms with Crippen LogP contribution in [0.15, 0.2) is 48.5 Å². The van der Waals surface area contributed by atoms with Crippen LogP contribution in [-0.2, 0) is 9.59 Å². The van der Waals surface area contributed by atoms with Crippen molar-refractivity contribution in [3.8, 4) is 0 Å². The summed E-state index contributed by atoms with van der Waals surface area (Å²) in [7, 11) is 0. The van der Waals surface area contributed by atoms with Gasteiger partial charge in [0.2, 0.25) is 11.8 Å². The lowest BCUT2D eigenvalue weighted by Crippen LogP contribution is -2.68. The van der Waals surface area contributed by atoms with Gasteiger partial charge in [-0.2, -0.15) is 0 Å². The topological polar surface area (TPSA) is 73.5 Å². The Morgan fingerprint density at radius 3 is 2.44 bits per heavy atom. The van der Waals surface area contributed by atoms with E-state index in [1.54, 1.807) is 18.2 Å². The fourth-order valence-corrected chi connectivity index (χ4v) is 5.36. The number of fused-ring (bicyclic) bond motifs is 1. The van der Waals surface area contributed by atoms with E-state index in [-0.39, 0.29) is 30.3 Å². The molecule has 9 heteroatoms. The Labute approximate surface area is 202 Å². The number of hydrogen-bond acceptors (Lipinski definition) is 3. The first-order chi connectivity index (χ1) is 15.4. The SMILES string of the molecule is O=C(C[C@H]1C(=O)N[C@H]2CCCC[C@@H]2N1C(=S)Nc1ccccc1)Nc1cc(Cl)cc(Cl)c1. The highest BCUT2D eigenvalue weighted by Crippen LogP contribution is 2.31. The Morgan fingerprint density at radius 1 is 1.03 bits per heavy atom. The van der Waals surface area contributed by atoms with Crippen molar-refractivity contribution in [2.75, 3.05) is 10.6 Å². The number of thiocarbonyl (C=S) groups is 1. The van der Waals surface area contributed by atoms with Crippen molar-refractivity contribution in [1.29, 1.82) is 0 Å². The molecule has 2 aromatic rings. The number of benzene rings is 2. The third-order valence-electron chi connectivity index (χ3n) is 5.84. The molecule has 2 aliphatic rings. The molecule has 1 heterocycles. The number of halogens is 2. The summed E-state index contributed by atoms with van der Waals surface area (Å²) in [5, 5.41) is 10.4. The molecule has 0 unspecified atom stereocenters. The van der Waals surface area contributed by atoms with Gasteiger partial charge in [0.1, 0.15) is 6.04 Å². The van der Waals surface area contributed by atoms with Crippen molar-refractivity contribution in [2.45, 2.75) is 50.2 Å². The van der Waals surface area contributed by atoms with Crippen LogP contribution in [0.3, 0.4) is 0 Å². The molecule has 0 aromatic heterocycles. The third kappa shape index (κ3) is 5.34. The third-order valence-corrected chi connectivity index (χ3v) is 6.59. The molecule has 4 rings (SSSR count). The summed E-state index contributed by atoms with van der Waals surface area (Å²) in [5.74, 6) is -0.505. The van der Waals surface area contributed by atoms with Gasteiger partial charge < -0.3 is 20.9 Å². The maximum Gasteiger partial charge on any atom is 0.243 e. The first-order valence-electron chi connectivity index (χ1n) is 10.6. The number of hydrogen-bond donors (Lipinski definition) is 3. The van der Waals surface area contributed by atoms with Gasteiger partial charge in [0.05, 0.1) is 12.5 Å². The van der Waals surface area contributed by atoms with E-state index in [4.69, 9.17) is 35.4 Å². The molecule has 2 amide bonds. The largest absolute Gasteiger partial charge is 0.349 e. The number of para-hydroxylation sites is 1. The summed E-state index contributed by atoms with van der Waals surface area (Å²) in [6.45, 7) is 0. The van der Waals surface area contributed by atoms with Crippen LogP contribution in [0.1, 0.15) is 32.1 Å². The normalized spacial score (nSPS) is 22.5. The van der Waals surface area contributed by atoms with Gasteiger partial charge in [-0.1, -0.05) is 54.2 Å². The quantitative estimate of drug-likeness (QED) is 0.535. The Balaban J connectivity index is 1.54. The Kier molecular flexibility index (Phi) is 7.18. The number of nitrogens with one attached hydrogen (secondary N) is 3. The summed E-state index contributed by atoms with van der Waals surface area (Å²) in [6.07, 6.45) is 3.89. The zero-order chi connectivity index (χ0) is 22.7. The van der Waals surface area contributed by atoms with Crippen LogP contribution in [-0.4, -0.2) is 40.0 Å². The van der Waals surface area contributed by atoms with Gasteiger partial charge in [0.15, 0.2) is 5.11 Å². The monoisotopic (exact) mass is 490 g/mol. The second-order valence-corrected chi connectivity index (χ2v) is 9.36. The van der Waals surface area contributed by atoms with Gasteiger partial charge in [-0.15, -0.1) is 0 Å². The Morgan fingerprint density at radius 2 is 1.72 bits per heavy atom. The van der Waals surface area contributed by atoms with E-state index in [1.807, 2.05) is 35.2 Å². The lowest BCUT2D eigenvalue weighted by atomic mass is 9.85. The van der Waals surface area contributed by atoms with Crippen LogP contribution in [0, 0.1) is 0 Å². The number of amides is 2. The lowest BCUT2D eigenvalue weighted by Gasteiger charge is -2.49. The average molecular weight is 491 g/mol. The molecule has 0 radical (unpaired) electrons. The molecule has 2 fully saturated rings. The molecule has 1 saturated carbocycles. The number of nitrogens with zero attached hydrogens (tertiary/aromatic N) is 1. The van der Waals surface area contributed by atoms with Crippen molar-refractivity contribution < 1.29 is 9.59 Å². The molecule has 6 nitrogen and oxygen atoms in total. The number of piperazine rings is 1. The molecule has 3 N–H and O–H groups in total. The lowest BCUT2D eigenvalue weighted by molar-refractivity contribution is -0.134. The van der Waals surface area contributed by atoms with Crippen LogP contribution in [0.2, 0.25) is 10.0 Å². The predicted molar refractivity (Wildman–Crippen MR) is 132 cm³/mol. The molecule has 32 heavy (non-hydrogen) atoms. The molecular formula is C23H24Cl2N4O2S. The average Bonchev–Trinajstić information content (AvgIpc) is 2.74. The summed E-state index contributed by atoms with van der Waals surface area (Å²) in [4.78, 5) is 27.8. The van der Waals surface area contributed by atoms with Gasteiger partial charge in [0.25, 0.3) is 0 Å². The molecular weight excluding hydrogens is 467 g/mol. The van der Waals surface area contributed by atoms with Gasteiger partial charge in [-0.25, -0.2) is 0 Å². The summed E-state index contributed by atoms with van der Waals surface area (Å²) >= 11 is 17.8. The fourth-order valence-electron chi connectivity index (χ4n) is 4.46. The summed E-state index contributed by atoms with van der Waals surface area (Å²) < 4.78 is 0. The van der Waals surface area contributed by atoms with Crippen molar-refractivity contribution in [1.82, 2.24) is 10.2 Å². The van der Waals surface area contributed by atoms with E-state index in [0.717, 1.165) is 31.4 Å². The van der Waals surface area contributed by atoms with E-state index in [9.17, 15) is 9.59 Å². The molecule has 1 aliphatic heterocycles. The van der Waals surface area contributed by atoms with Crippen LogP contribution in [0.5, 0.6) is 0 Å². The molecule has 1 saturated heterocycles. The molecule has 2 aromatic carbocycles. The van der Waals surface area contributed by atoms with Gasteiger partial charge in [0, 0.05) is 27.5 Å². The van der Waals surface area contributed by atoms with Gasteiger partial charge in [-0.3, -0.25) is 9.59 Å². The number of anilines is 2. The molecule has 0 spiro atoms. The smallest absolute Gasteiger partial charge is 0.243 e. The van der Waals surface area contributed by atoms with Gasteiger partial charge >= 0.3 is 0 Å². The van der Waals surface area contributed by atoms with Crippen molar-refractivity contribution >= 4 is 63.7 Å². The van der Waals surface area contributed by atoms with Crippen LogP contribution in [0.4, 0.5) is 11.4 Å². The van der Waals surface area contributed by atoms with E-state index in [0.29, 0.717) is 20.8 Å². The molecule has 168 valence electrons. The van der Waals surface area contributed by atoms with Crippen molar-refractivity contribution in [3.63, 3.8) is 0 Å². The first kappa shape index (κ1) is 22.8. The zero-order valence-electron chi connectivity index (χ0n) is 17.3. The number of carbonyl (C=O) groups is 2. The highest BCUT2D eigenvalue weighted by atomic mass is 35.5. The van der Waals surface area contributed by atoms with E-state index >= 15 is 0 Å².